The van der Waals surface area contributed by atoms with E-state index in [1.165, 1.54) is 19.3 Å². The Morgan fingerprint density at radius 1 is 0.824 bits per heavy atom. The van der Waals surface area contributed by atoms with Crippen LogP contribution in [0.5, 0.6) is 0 Å². The Balaban J connectivity index is 3.17. The van der Waals surface area contributed by atoms with Crippen molar-refractivity contribution in [1.82, 2.24) is 0 Å². The molecule has 0 unspecified atom stereocenters. The van der Waals surface area contributed by atoms with E-state index in [4.69, 9.17) is 5.26 Å². The van der Waals surface area contributed by atoms with Gasteiger partial charge in [0.15, 0.2) is 0 Å². The fourth-order valence-electron chi connectivity index (χ4n) is 1.44. The normalized spacial score (nSPS) is 12.4. The lowest BCUT2D eigenvalue weighted by molar-refractivity contribution is -0.240. The van der Waals surface area contributed by atoms with Crippen molar-refractivity contribution in [3.05, 3.63) is 36.5 Å². The standard InChI is InChI=1S/C15H26O2/c1-2-3-4-5-6-7-8-9-10-11-12-13-14-15-17-16/h3-4,6-7,12-13,16H,2,5,8-11,14-15H2,1H3/b4-3-,7-6-,13-12-. The summed E-state index contributed by atoms with van der Waals surface area (Å²) in [5, 5.41) is 8.10. The lowest BCUT2D eigenvalue weighted by Gasteiger charge is -1.93. The highest BCUT2D eigenvalue weighted by molar-refractivity contribution is 4.92. The predicted molar refractivity (Wildman–Crippen MR) is 74.0 cm³/mol. The molecule has 0 aromatic rings. The molecule has 0 aliphatic carbocycles. The maximum Gasteiger partial charge on any atom is 0.0854 e. The maximum atomic E-state index is 8.10. The van der Waals surface area contributed by atoms with Crippen LogP contribution in [0, 0.1) is 0 Å². The minimum atomic E-state index is 0.393. The zero-order valence-electron chi connectivity index (χ0n) is 11.0. The molecule has 0 atom stereocenters. The monoisotopic (exact) mass is 238 g/mol. The van der Waals surface area contributed by atoms with Crippen LogP contribution in [0.3, 0.4) is 0 Å². The Morgan fingerprint density at radius 3 is 2.06 bits per heavy atom. The number of allylic oxidation sites excluding steroid dienone is 5. The minimum absolute atomic E-state index is 0.393. The van der Waals surface area contributed by atoms with Gasteiger partial charge in [-0.3, -0.25) is 5.26 Å². The summed E-state index contributed by atoms with van der Waals surface area (Å²) in [5.74, 6) is 0. The van der Waals surface area contributed by atoms with Crippen molar-refractivity contribution in [2.24, 2.45) is 0 Å². The highest BCUT2D eigenvalue weighted by Crippen LogP contribution is 2.03. The molecule has 0 radical (unpaired) electrons. The molecule has 2 heteroatoms. The summed E-state index contributed by atoms with van der Waals surface area (Å²) in [5.41, 5.74) is 0. The van der Waals surface area contributed by atoms with Gasteiger partial charge in [-0.25, -0.2) is 4.89 Å². The lowest BCUT2D eigenvalue weighted by Crippen LogP contribution is -1.84. The highest BCUT2D eigenvalue weighted by atomic mass is 17.1. The van der Waals surface area contributed by atoms with E-state index in [1.54, 1.807) is 0 Å². The first-order valence-corrected chi connectivity index (χ1v) is 6.63. The quantitative estimate of drug-likeness (QED) is 0.240. The van der Waals surface area contributed by atoms with Crippen LogP contribution < -0.4 is 0 Å². The van der Waals surface area contributed by atoms with Gasteiger partial charge >= 0.3 is 0 Å². The van der Waals surface area contributed by atoms with Gasteiger partial charge in [-0.1, -0.05) is 43.4 Å². The fraction of sp³-hybridized carbons (Fsp3) is 0.600. The van der Waals surface area contributed by atoms with E-state index in [0.29, 0.717) is 6.61 Å². The lowest BCUT2D eigenvalue weighted by atomic mass is 10.1. The third kappa shape index (κ3) is 15.1. The summed E-state index contributed by atoms with van der Waals surface area (Å²) in [6.45, 7) is 2.55. The van der Waals surface area contributed by atoms with Crippen LogP contribution in [-0.4, -0.2) is 11.9 Å². The smallest absolute Gasteiger partial charge is 0.0854 e. The zero-order chi connectivity index (χ0) is 12.6. The molecule has 0 amide bonds. The molecule has 0 aromatic carbocycles. The zero-order valence-corrected chi connectivity index (χ0v) is 11.0. The first kappa shape index (κ1) is 16.1. The van der Waals surface area contributed by atoms with Crippen LogP contribution in [0.25, 0.3) is 0 Å². The van der Waals surface area contributed by atoms with Crippen molar-refractivity contribution in [2.45, 2.75) is 51.9 Å². The summed E-state index contributed by atoms with van der Waals surface area (Å²) in [6.07, 6.45) is 20.9. The molecule has 1 N–H and O–H groups in total. The largest absolute Gasteiger partial charge is 0.252 e. The Morgan fingerprint density at radius 2 is 1.41 bits per heavy atom. The summed E-state index contributed by atoms with van der Waals surface area (Å²) >= 11 is 0. The van der Waals surface area contributed by atoms with Crippen molar-refractivity contribution in [3.8, 4) is 0 Å². The molecule has 17 heavy (non-hydrogen) atoms. The Hall–Kier alpha value is -0.860. The van der Waals surface area contributed by atoms with E-state index in [0.717, 1.165) is 25.7 Å². The minimum Gasteiger partial charge on any atom is -0.252 e. The molecule has 0 rings (SSSR count). The number of rotatable bonds is 11. The third-order valence-corrected chi connectivity index (χ3v) is 2.38. The van der Waals surface area contributed by atoms with Crippen LogP contribution in [0.2, 0.25) is 0 Å². The van der Waals surface area contributed by atoms with E-state index in [2.05, 4.69) is 48.3 Å². The molecule has 0 bridgehead atoms. The number of hydrogen-bond acceptors (Lipinski definition) is 2. The average molecular weight is 238 g/mol. The van der Waals surface area contributed by atoms with Gasteiger partial charge in [0, 0.05) is 0 Å². The molecule has 0 fully saturated rings. The van der Waals surface area contributed by atoms with Gasteiger partial charge in [0.05, 0.1) is 6.61 Å². The van der Waals surface area contributed by atoms with Gasteiger partial charge < -0.3 is 0 Å². The first-order valence-electron chi connectivity index (χ1n) is 6.63. The van der Waals surface area contributed by atoms with Crippen LogP contribution >= 0.6 is 0 Å². The second-order valence-electron chi connectivity index (χ2n) is 3.96. The molecule has 98 valence electrons. The molecule has 0 spiro atoms. The van der Waals surface area contributed by atoms with Gasteiger partial charge in [0.2, 0.25) is 0 Å². The van der Waals surface area contributed by atoms with Crippen molar-refractivity contribution in [1.29, 1.82) is 0 Å². The van der Waals surface area contributed by atoms with Crippen molar-refractivity contribution >= 4 is 0 Å². The second-order valence-corrected chi connectivity index (χ2v) is 3.96. The van der Waals surface area contributed by atoms with E-state index >= 15 is 0 Å². The molecular weight excluding hydrogens is 212 g/mol. The van der Waals surface area contributed by atoms with E-state index in [1.807, 2.05) is 0 Å². The molecule has 2 nitrogen and oxygen atoms in total. The van der Waals surface area contributed by atoms with Crippen molar-refractivity contribution < 1.29 is 10.1 Å². The second kappa shape index (κ2) is 15.1. The molecule has 0 aliphatic heterocycles. The number of unbranched alkanes of at least 4 members (excludes halogenated alkanes) is 3. The third-order valence-electron chi connectivity index (χ3n) is 2.38. The fourth-order valence-corrected chi connectivity index (χ4v) is 1.44. The van der Waals surface area contributed by atoms with Crippen LogP contribution in [0.1, 0.15) is 51.9 Å². The number of hydrogen-bond donors (Lipinski definition) is 1. The summed E-state index contributed by atoms with van der Waals surface area (Å²) < 4.78 is 0. The summed E-state index contributed by atoms with van der Waals surface area (Å²) in [6, 6.07) is 0. The van der Waals surface area contributed by atoms with Crippen molar-refractivity contribution in [2.75, 3.05) is 6.61 Å². The van der Waals surface area contributed by atoms with E-state index in [9.17, 15) is 0 Å². The molecule has 0 aliphatic rings. The maximum absolute atomic E-state index is 8.10. The van der Waals surface area contributed by atoms with E-state index < -0.39 is 0 Å². The molecule has 0 saturated carbocycles. The summed E-state index contributed by atoms with van der Waals surface area (Å²) in [7, 11) is 0. The highest BCUT2D eigenvalue weighted by Gasteiger charge is 1.84. The van der Waals surface area contributed by atoms with E-state index in [-0.39, 0.29) is 0 Å². The van der Waals surface area contributed by atoms with Gasteiger partial charge in [-0.05, 0) is 44.9 Å². The van der Waals surface area contributed by atoms with Gasteiger partial charge in [-0.2, -0.15) is 0 Å². The summed E-state index contributed by atoms with van der Waals surface area (Å²) in [4.78, 5) is 3.98. The average Bonchev–Trinajstić information content (AvgIpc) is 2.35. The van der Waals surface area contributed by atoms with Gasteiger partial charge in [-0.15, -0.1) is 0 Å². The van der Waals surface area contributed by atoms with Gasteiger partial charge in [0.1, 0.15) is 0 Å². The Bertz CT molecular complexity index is 217. The molecular formula is C15H26O2. The van der Waals surface area contributed by atoms with Crippen LogP contribution in [-0.2, 0) is 4.89 Å². The topological polar surface area (TPSA) is 29.5 Å². The van der Waals surface area contributed by atoms with Crippen LogP contribution in [0.15, 0.2) is 36.5 Å². The molecule has 0 saturated heterocycles. The van der Waals surface area contributed by atoms with Crippen LogP contribution in [0.4, 0.5) is 0 Å². The van der Waals surface area contributed by atoms with Gasteiger partial charge in [0.25, 0.3) is 0 Å². The van der Waals surface area contributed by atoms with Crippen molar-refractivity contribution in [3.63, 3.8) is 0 Å². The Kier molecular flexibility index (Phi) is 14.4. The first-order chi connectivity index (χ1) is 8.41. The SMILES string of the molecule is CC/C=C\C/C=C\CCCC/C=C\CCOO. The predicted octanol–water partition coefficient (Wildman–Crippen LogP) is 4.90. The molecule has 0 aromatic heterocycles. The Labute approximate surface area is 106 Å². The molecule has 0 heterocycles.